The normalized spacial score (nSPS) is 24.0. The average molecular weight is 378 g/mol. The zero-order valence-corrected chi connectivity index (χ0v) is 19.0. The van der Waals surface area contributed by atoms with Crippen molar-refractivity contribution in [1.82, 2.24) is 0 Å². The zero-order chi connectivity index (χ0) is 19.1. The molecule has 0 amide bonds. The van der Waals surface area contributed by atoms with E-state index in [0.29, 0.717) is 0 Å². The second kappa shape index (κ2) is 22.3. The molecular formula is C27H53. The number of rotatable bonds is 0. The Morgan fingerprint density at radius 3 is 0.519 bits per heavy atom. The van der Waals surface area contributed by atoms with Crippen LogP contribution in [0.5, 0.6) is 0 Å². The smallest absolute Gasteiger partial charge is 0.0386 e. The lowest BCUT2D eigenvalue weighted by atomic mass is 10.0. The molecule has 0 aliphatic heterocycles. The Labute approximate surface area is 173 Å². The molecule has 27 heavy (non-hydrogen) atoms. The van der Waals surface area contributed by atoms with E-state index in [-0.39, 0.29) is 0 Å². The first-order valence-electron chi connectivity index (χ1n) is 13.3. The summed E-state index contributed by atoms with van der Waals surface area (Å²) in [5.74, 6) is 0. The zero-order valence-electron chi connectivity index (χ0n) is 19.0. The van der Waals surface area contributed by atoms with E-state index in [1.54, 1.807) is 0 Å². The molecule has 0 N–H and O–H groups in total. The molecule has 1 fully saturated rings. The van der Waals surface area contributed by atoms with Crippen molar-refractivity contribution in [3.63, 3.8) is 0 Å². The van der Waals surface area contributed by atoms with Gasteiger partial charge in [0.05, 0.1) is 0 Å². The molecule has 0 aromatic heterocycles. The predicted molar refractivity (Wildman–Crippen MR) is 124 cm³/mol. The Kier molecular flexibility index (Phi) is 20.7. The van der Waals surface area contributed by atoms with Crippen LogP contribution in [0.2, 0.25) is 0 Å². The topological polar surface area (TPSA) is 0 Å². The summed E-state index contributed by atoms with van der Waals surface area (Å²) in [6.45, 7) is 0. The summed E-state index contributed by atoms with van der Waals surface area (Å²) in [6.07, 6.45) is 41.0. The van der Waals surface area contributed by atoms with Gasteiger partial charge >= 0.3 is 0 Å². The quantitative estimate of drug-likeness (QED) is 0.393. The van der Waals surface area contributed by atoms with Crippen LogP contribution in [0, 0.1) is 6.42 Å². The van der Waals surface area contributed by atoms with Crippen molar-refractivity contribution in [3.8, 4) is 0 Å². The van der Waals surface area contributed by atoms with E-state index in [2.05, 4.69) is 6.42 Å². The summed E-state index contributed by atoms with van der Waals surface area (Å²) in [5.41, 5.74) is 0. The van der Waals surface area contributed by atoms with Crippen molar-refractivity contribution in [1.29, 1.82) is 0 Å². The second-order valence-corrected chi connectivity index (χ2v) is 9.35. The Morgan fingerprint density at radius 2 is 0.333 bits per heavy atom. The van der Waals surface area contributed by atoms with E-state index >= 15 is 0 Å². The molecule has 0 atom stereocenters. The summed E-state index contributed by atoms with van der Waals surface area (Å²) in [6, 6.07) is 0. The molecule has 1 rings (SSSR count). The van der Waals surface area contributed by atoms with Crippen LogP contribution >= 0.6 is 0 Å². The van der Waals surface area contributed by atoms with Gasteiger partial charge in [-0.2, -0.15) is 0 Å². The highest BCUT2D eigenvalue weighted by Gasteiger charge is 1.97. The van der Waals surface area contributed by atoms with E-state index in [0.717, 1.165) is 0 Å². The van der Waals surface area contributed by atoms with E-state index < -0.39 is 0 Å². The maximum atomic E-state index is 2.58. The van der Waals surface area contributed by atoms with Gasteiger partial charge in [-0.15, -0.1) is 0 Å². The Hall–Kier alpha value is 0. The van der Waals surface area contributed by atoms with Crippen molar-refractivity contribution in [3.05, 3.63) is 6.42 Å². The third-order valence-corrected chi connectivity index (χ3v) is 6.57. The molecule has 1 aliphatic rings. The van der Waals surface area contributed by atoms with Crippen molar-refractivity contribution in [2.45, 2.75) is 167 Å². The molecular weight excluding hydrogens is 324 g/mol. The molecule has 1 saturated carbocycles. The summed E-state index contributed by atoms with van der Waals surface area (Å²) in [4.78, 5) is 0. The van der Waals surface area contributed by atoms with E-state index in [1.165, 1.54) is 167 Å². The predicted octanol–water partition coefficient (Wildman–Crippen LogP) is 10.3. The van der Waals surface area contributed by atoms with Gasteiger partial charge in [-0.25, -0.2) is 0 Å². The summed E-state index contributed by atoms with van der Waals surface area (Å²) < 4.78 is 0. The molecule has 0 heteroatoms. The fourth-order valence-electron chi connectivity index (χ4n) is 4.61. The fraction of sp³-hybridized carbons (Fsp3) is 0.963. The molecule has 0 bridgehead atoms. The van der Waals surface area contributed by atoms with Gasteiger partial charge in [0, 0.05) is 0 Å². The van der Waals surface area contributed by atoms with Crippen molar-refractivity contribution < 1.29 is 0 Å². The largest absolute Gasteiger partial charge is 0.0533 e. The SMILES string of the molecule is [CH]1CCCCCCCCCCCCCCCCCCCCCCCCCC1. The van der Waals surface area contributed by atoms with Crippen LogP contribution < -0.4 is 0 Å². The van der Waals surface area contributed by atoms with Crippen LogP contribution in [-0.4, -0.2) is 0 Å². The molecule has 0 aromatic carbocycles. The molecule has 161 valence electrons. The lowest BCUT2D eigenvalue weighted by molar-refractivity contribution is 0.518. The van der Waals surface area contributed by atoms with Gasteiger partial charge in [0.15, 0.2) is 0 Å². The van der Waals surface area contributed by atoms with Crippen LogP contribution in [0.25, 0.3) is 0 Å². The van der Waals surface area contributed by atoms with Crippen molar-refractivity contribution in [2.24, 2.45) is 0 Å². The van der Waals surface area contributed by atoms with Gasteiger partial charge < -0.3 is 0 Å². The van der Waals surface area contributed by atoms with Gasteiger partial charge in [-0.1, -0.05) is 167 Å². The standard InChI is InChI=1S/C27H53/c1-2-4-6-8-10-12-14-16-18-20-22-24-26-27-25-23-21-19-17-15-13-11-9-7-5-3-1/h1H,2-27H2. The maximum absolute atomic E-state index is 2.58. The first kappa shape index (κ1) is 25.0. The fourth-order valence-corrected chi connectivity index (χ4v) is 4.61. The lowest BCUT2D eigenvalue weighted by Crippen LogP contribution is -1.85. The van der Waals surface area contributed by atoms with Crippen molar-refractivity contribution in [2.75, 3.05) is 0 Å². The summed E-state index contributed by atoms with van der Waals surface area (Å²) >= 11 is 0. The molecule has 0 nitrogen and oxygen atoms in total. The van der Waals surface area contributed by atoms with Gasteiger partial charge in [0.2, 0.25) is 0 Å². The molecule has 1 radical (unpaired) electrons. The summed E-state index contributed by atoms with van der Waals surface area (Å²) in [7, 11) is 0. The van der Waals surface area contributed by atoms with Crippen LogP contribution in [-0.2, 0) is 0 Å². The highest BCUT2D eigenvalue weighted by Crippen LogP contribution is 2.17. The molecule has 0 saturated heterocycles. The molecule has 0 spiro atoms. The molecule has 0 unspecified atom stereocenters. The number of hydrogen-bond acceptors (Lipinski definition) is 0. The van der Waals surface area contributed by atoms with Gasteiger partial charge in [0.25, 0.3) is 0 Å². The summed E-state index contributed by atoms with van der Waals surface area (Å²) in [5, 5.41) is 0. The van der Waals surface area contributed by atoms with Gasteiger partial charge in [-0.3, -0.25) is 0 Å². The van der Waals surface area contributed by atoms with E-state index in [9.17, 15) is 0 Å². The minimum atomic E-state index is 1.38. The van der Waals surface area contributed by atoms with Crippen LogP contribution in [0.3, 0.4) is 0 Å². The third kappa shape index (κ3) is 20.5. The van der Waals surface area contributed by atoms with E-state index in [1.807, 2.05) is 0 Å². The third-order valence-electron chi connectivity index (χ3n) is 6.57. The second-order valence-electron chi connectivity index (χ2n) is 9.35. The Bertz CT molecular complexity index is 128. The van der Waals surface area contributed by atoms with Crippen LogP contribution in [0.15, 0.2) is 0 Å². The molecule has 0 aromatic rings. The molecule has 0 heterocycles. The lowest BCUT2D eigenvalue weighted by Gasteiger charge is -2.04. The highest BCUT2D eigenvalue weighted by atomic mass is 14.0. The Morgan fingerprint density at radius 1 is 0.185 bits per heavy atom. The first-order chi connectivity index (χ1) is 13.5. The van der Waals surface area contributed by atoms with Crippen LogP contribution in [0.4, 0.5) is 0 Å². The minimum absolute atomic E-state index is 1.38. The minimum Gasteiger partial charge on any atom is -0.0533 e. The van der Waals surface area contributed by atoms with Gasteiger partial charge in [-0.05, 0) is 6.42 Å². The Balaban J connectivity index is 2.00. The van der Waals surface area contributed by atoms with E-state index in [4.69, 9.17) is 0 Å². The first-order valence-corrected chi connectivity index (χ1v) is 13.3. The average Bonchev–Trinajstić information content (AvgIpc) is 2.68. The van der Waals surface area contributed by atoms with Crippen molar-refractivity contribution >= 4 is 0 Å². The van der Waals surface area contributed by atoms with Gasteiger partial charge in [0.1, 0.15) is 0 Å². The highest BCUT2D eigenvalue weighted by molar-refractivity contribution is 4.64. The monoisotopic (exact) mass is 377 g/mol. The number of hydrogen-bond donors (Lipinski definition) is 0. The molecule has 1 aliphatic carbocycles. The van der Waals surface area contributed by atoms with Crippen LogP contribution in [0.1, 0.15) is 167 Å². The maximum Gasteiger partial charge on any atom is -0.0386 e.